The Hall–Kier alpha value is -1.39. The number of unbranched alkanes of at least 4 members (excludes halogenated alkanes) is 41. The van der Waals surface area contributed by atoms with Crippen LogP contribution in [0.5, 0.6) is 0 Å². The molecule has 366 valence electrons. The quantitative estimate of drug-likeness (QED) is 0.0421. The van der Waals surface area contributed by atoms with E-state index in [9.17, 15) is 15.0 Å². The maximum Gasteiger partial charge on any atom is 0.220 e. The molecule has 0 aliphatic heterocycles. The second kappa shape index (κ2) is 53.9. The molecule has 0 aromatic heterocycles. The van der Waals surface area contributed by atoms with Crippen molar-refractivity contribution in [3.63, 3.8) is 0 Å². The maximum atomic E-state index is 12.4. The molecule has 0 aliphatic rings. The standard InChI is InChI=1S/C58H111NO3/c1-3-5-7-9-11-13-15-17-19-21-23-24-25-26-27-28-29-30-31-32-33-34-36-37-39-41-43-45-47-49-51-53-57(61)56(55-60)59-58(62)54-52-50-48-46-44-42-40-38-35-22-20-18-16-14-12-10-8-6-4-2/h18,20,43,45,51,53,56-57,60-61H,3-17,19,21-42,44,46-50,52,54-55H2,1-2H3,(H,59,62)/b20-18-,45-43+,53-51+. The first kappa shape index (κ1) is 60.6. The number of carbonyl (C=O) groups is 1. The second-order valence-corrected chi connectivity index (χ2v) is 19.3. The molecule has 2 unspecified atom stereocenters. The lowest BCUT2D eigenvalue weighted by Crippen LogP contribution is -2.45. The van der Waals surface area contributed by atoms with Crippen LogP contribution in [0.4, 0.5) is 0 Å². The van der Waals surface area contributed by atoms with Crippen molar-refractivity contribution in [2.45, 2.75) is 321 Å². The van der Waals surface area contributed by atoms with Crippen LogP contribution in [0.15, 0.2) is 36.5 Å². The Bertz CT molecular complexity index is 943. The molecular formula is C58H111NO3. The van der Waals surface area contributed by atoms with E-state index in [1.807, 2.05) is 6.08 Å². The molecule has 4 nitrogen and oxygen atoms in total. The Morgan fingerprint density at radius 3 is 0.935 bits per heavy atom. The highest BCUT2D eigenvalue weighted by Gasteiger charge is 2.18. The minimum Gasteiger partial charge on any atom is -0.394 e. The van der Waals surface area contributed by atoms with E-state index in [1.54, 1.807) is 6.08 Å². The molecule has 1 amide bonds. The lowest BCUT2D eigenvalue weighted by molar-refractivity contribution is -0.123. The summed E-state index contributed by atoms with van der Waals surface area (Å²) in [7, 11) is 0. The monoisotopic (exact) mass is 870 g/mol. The van der Waals surface area contributed by atoms with Crippen molar-refractivity contribution in [1.29, 1.82) is 0 Å². The molecule has 3 N–H and O–H groups in total. The Kier molecular flexibility index (Phi) is 52.7. The SMILES string of the molecule is CCCCCCCC/C=C\CCCCCCCCCCCC(=O)NC(CO)C(O)/C=C/CC/C=C/CCCCCCCCCCCCCCCCCCCCCCCCCCC. The lowest BCUT2D eigenvalue weighted by atomic mass is 10.0. The number of nitrogens with one attached hydrogen (secondary N) is 1. The van der Waals surface area contributed by atoms with Gasteiger partial charge in [-0.25, -0.2) is 0 Å². The van der Waals surface area contributed by atoms with Crippen LogP contribution in [0.2, 0.25) is 0 Å². The van der Waals surface area contributed by atoms with Crippen molar-refractivity contribution in [2.24, 2.45) is 0 Å². The summed E-state index contributed by atoms with van der Waals surface area (Å²) >= 11 is 0. The van der Waals surface area contributed by atoms with Gasteiger partial charge in [0.05, 0.1) is 18.8 Å². The maximum absolute atomic E-state index is 12.4. The fourth-order valence-corrected chi connectivity index (χ4v) is 8.78. The molecule has 0 saturated heterocycles. The summed E-state index contributed by atoms with van der Waals surface area (Å²) in [6, 6.07) is -0.640. The van der Waals surface area contributed by atoms with E-state index in [0.29, 0.717) is 6.42 Å². The van der Waals surface area contributed by atoms with Crippen LogP contribution in [0.3, 0.4) is 0 Å². The average Bonchev–Trinajstić information content (AvgIpc) is 3.28. The first-order chi connectivity index (χ1) is 30.7. The summed E-state index contributed by atoms with van der Waals surface area (Å²) in [6.07, 6.45) is 73.2. The van der Waals surface area contributed by atoms with Crippen LogP contribution >= 0.6 is 0 Å². The van der Waals surface area contributed by atoms with Crippen molar-refractivity contribution in [3.05, 3.63) is 36.5 Å². The van der Waals surface area contributed by atoms with Crippen molar-refractivity contribution >= 4 is 5.91 Å². The summed E-state index contributed by atoms with van der Waals surface area (Å²) in [4.78, 5) is 12.4. The molecule has 0 aromatic rings. The lowest BCUT2D eigenvalue weighted by Gasteiger charge is -2.19. The summed E-state index contributed by atoms with van der Waals surface area (Å²) < 4.78 is 0. The predicted molar refractivity (Wildman–Crippen MR) is 276 cm³/mol. The number of aliphatic hydroxyl groups is 2. The van der Waals surface area contributed by atoms with E-state index in [1.165, 1.54) is 257 Å². The Balaban J connectivity index is 3.50. The van der Waals surface area contributed by atoms with Gasteiger partial charge in [0.2, 0.25) is 5.91 Å². The average molecular weight is 871 g/mol. The van der Waals surface area contributed by atoms with E-state index in [4.69, 9.17) is 0 Å². The van der Waals surface area contributed by atoms with Crippen LogP contribution in [0.25, 0.3) is 0 Å². The molecule has 0 aliphatic carbocycles. The Morgan fingerprint density at radius 2 is 0.629 bits per heavy atom. The normalized spacial score (nSPS) is 13.0. The zero-order chi connectivity index (χ0) is 44.9. The summed E-state index contributed by atoms with van der Waals surface area (Å²) in [5.74, 6) is -0.0728. The van der Waals surface area contributed by atoms with Gasteiger partial charge in [-0.15, -0.1) is 0 Å². The number of hydrogen-bond donors (Lipinski definition) is 3. The molecule has 0 saturated carbocycles. The number of carbonyl (C=O) groups excluding carboxylic acids is 1. The smallest absolute Gasteiger partial charge is 0.220 e. The summed E-state index contributed by atoms with van der Waals surface area (Å²) in [6.45, 7) is 4.32. The Morgan fingerprint density at radius 1 is 0.371 bits per heavy atom. The highest BCUT2D eigenvalue weighted by Crippen LogP contribution is 2.17. The van der Waals surface area contributed by atoms with Crippen LogP contribution < -0.4 is 5.32 Å². The molecule has 0 radical (unpaired) electrons. The minimum absolute atomic E-state index is 0.0728. The van der Waals surface area contributed by atoms with E-state index < -0.39 is 12.1 Å². The van der Waals surface area contributed by atoms with Crippen LogP contribution in [-0.4, -0.2) is 34.9 Å². The number of amides is 1. The summed E-state index contributed by atoms with van der Waals surface area (Å²) in [5.41, 5.74) is 0. The first-order valence-electron chi connectivity index (χ1n) is 28.2. The van der Waals surface area contributed by atoms with Crippen molar-refractivity contribution in [1.82, 2.24) is 5.32 Å². The van der Waals surface area contributed by atoms with Crippen LogP contribution in [-0.2, 0) is 4.79 Å². The number of hydrogen-bond acceptors (Lipinski definition) is 3. The molecule has 62 heavy (non-hydrogen) atoms. The third-order valence-corrected chi connectivity index (χ3v) is 13.1. The van der Waals surface area contributed by atoms with Crippen LogP contribution in [0.1, 0.15) is 309 Å². The van der Waals surface area contributed by atoms with Crippen molar-refractivity contribution in [3.8, 4) is 0 Å². The van der Waals surface area contributed by atoms with Crippen molar-refractivity contribution in [2.75, 3.05) is 6.61 Å². The van der Waals surface area contributed by atoms with Gasteiger partial charge in [-0.3, -0.25) is 4.79 Å². The van der Waals surface area contributed by atoms with Gasteiger partial charge in [-0.2, -0.15) is 0 Å². The molecule has 0 spiro atoms. The molecule has 0 fully saturated rings. The predicted octanol–water partition coefficient (Wildman–Crippen LogP) is 18.5. The minimum atomic E-state index is -0.863. The fourth-order valence-electron chi connectivity index (χ4n) is 8.78. The van der Waals surface area contributed by atoms with E-state index in [-0.39, 0.29) is 12.5 Å². The zero-order valence-corrected chi connectivity index (χ0v) is 42.2. The van der Waals surface area contributed by atoms with Gasteiger partial charge in [-0.05, 0) is 57.8 Å². The molecule has 0 aromatic carbocycles. The highest BCUT2D eigenvalue weighted by molar-refractivity contribution is 5.76. The van der Waals surface area contributed by atoms with Gasteiger partial charge >= 0.3 is 0 Å². The van der Waals surface area contributed by atoms with Crippen molar-refractivity contribution < 1.29 is 15.0 Å². The van der Waals surface area contributed by atoms with E-state index >= 15 is 0 Å². The Labute approximate surface area is 389 Å². The van der Waals surface area contributed by atoms with Gasteiger partial charge in [0, 0.05) is 6.42 Å². The largest absolute Gasteiger partial charge is 0.394 e. The molecular weight excluding hydrogens is 759 g/mol. The van der Waals surface area contributed by atoms with E-state index in [0.717, 1.165) is 32.1 Å². The molecule has 4 heteroatoms. The second-order valence-electron chi connectivity index (χ2n) is 19.3. The van der Waals surface area contributed by atoms with Gasteiger partial charge in [0.25, 0.3) is 0 Å². The first-order valence-corrected chi connectivity index (χ1v) is 28.2. The zero-order valence-electron chi connectivity index (χ0n) is 42.2. The summed E-state index contributed by atoms with van der Waals surface area (Å²) in [5, 5.41) is 23.1. The van der Waals surface area contributed by atoms with Gasteiger partial charge in [0.1, 0.15) is 0 Å². The van der Waals surface area contributed by atoms with Crippen LogP contribution in [0, 0.1) is 0 Å². The number of aliphatic hydroxyl groups excluding tert-OH is 2. The van der Waals surface area contributed by atoms with Gasteiger partial charge < -0.3 is 15.5 Å². The van der Waals surface area contributed by atoms with Gasteiger partial charge in [0.15, 0.2) is 0 Å². The number of rotatable bonds is 52. The third kappa shape index (κ3) is 49.6. The molecule has 0 rings (SSSR count). The van der Waals surface area contributed by atoms with E-state index in [2.05, 4.69) is 43.5 Å². The number of allylic oxidation sites excluding steroid dienone is 5. The molecule has 2 atom stereocenters. The highest BCUT2D eigenvalue weighted by atomic mass is 16.3. The third-order valence-electron chi connectivity index (χ3n) is 13.1. The van der Waals surface area contributed by atoms with Gasteiger partial charge in [-0.1, -0.05) is 281 Å². The molecule has 0 heterocycles. The topological polar surface area (TPSA) is 69.6 Å². The fraction of sp³-hybridized carbons (Fsp3) is 0.879. The molecule has 0 bridgehead atoms.